The first-order chi connectivity index (χ1) is 11.6. The van der Waals surface area contributed by atoms with Crippen LogP contribution in [0.2, 0.25) is 0 Å². The van der Waals surface area contributed by atoms with Crippen molar-refractivity contribution < 1.29 is 9.59 Å². The SMILES string of the molecule is CCn1cc(NC(=O)Nc2ccc(C(N)=O)cc2)c2ccccc21. The number of aryl methyl sites for hydroxylation is 1. The number of hydrogen-bond donors (Lipinski definition) is 3. The minimum absolute atomic E-state index is 0.346. The summed E-state index contributed by atoms with van der Waals surface area (Å²) in [5.74, 6) is -0.502. The van der Waals surface area contributed by atoms with Gasteiger partial charge >= 0.3 is 6.03 Å². The molecule has 0 saturated carbocycles. The van der Waals surface area contributed by atoms with E-state index in [1.165, 1.54) is 0 Å². The number of rotatable bonds is 4. The molecule has 0 atom stereocenters. The molecule has 2 aromatic carbocycles. The number of fused-ring (bicyclic) bond motifs is 1. The fraction of sp³-hybridized carbons (Fsp3) is 0.111. The smallest absolute Gasteiger partial charge is 0.323 e. The third-order valence-electron chi connectivity index (χ3n) is 3.80. The van der Waals surface area contributed by atoms with E-state index in [1.807, 2.05) is 30.5 Å². The fourth-order valence-electron chi connectivity index (χ4n) is 2.61. The Bertz CT molecular complexity index is 897. The van der Waals surface area contributed by atoms with Gasteiger partial charge in [-0.05, 0) is 37.3 Å². The van der Waals surface area contributed by atoms with Crippen molar-refractivity contribution in [3.05, 3.63) is 60.3 Å². The van der Waals surface area contributed by atoms with Gasteiger partial charge in [-0.1, -0.05) is 18.2 Å². The van der Waals surface area contributed by atoms with E-state index < -0.39 is 5.91 Å². The number of nitrogens with two attached hydrogens (primary N) is 1. The molecule has 1 heterocycles. The minimum Gasteiger partial charge on any atom is -0.366 e. The number of urea groups is 1. The van der Waals surface area contributed by atoms with Gasteiger partial charge < -0.3 is 20.9 Å². The number of carbonyl (C=O) groups excluding carboxylic acids is 2. The van der Waals surface area contributed by atoms with E-state index in [0.717, 1.165) is 23.1 Å². The topological polar surface area (TPSA) is 89.2 Å². The molecule has 0 aliphatic carbocycles. The number of para-hydroxylation sites is 1. The van der Waals surface area contributed by atoms with Crippen molar-refractivity contribution in [3.63, 3.8) is 0 Å². The Labute approximate surface area is 139 Å². The lowest BCUT2D eigenvalue weighted by Gasteiger charge is -2.07. The average molecular weight is 322 g/mol. The van der Waals surface area contributed by atoms with Crippen molar-refractivity contribution in [2.45, 2.75) is 13.5 Å². The highest BCUT2D eigenvalue weighted by Crippen LogP contribution is 2.26. The number of benzene rings is 2. The quantitative estimate of drug-likeness (QED) is 0.687. The van der Waals surface area contributed by atoms with Crippen molar-refractivity contribution in [2.75, 3.05) is 10.6 Å². The zero-order chi connectivity index (χ0) is 17.1. The van der Waals surface area contributed by atoms with Gasteiger partial charge in [-0.15, -0.1) is 0 Å². The molecule has 0 aliphatic rings. The van der Waals surface area contributed by atoms with Crippen LogP contribution in [-0.4, -0.2) is 16.5 Å². The monoisotopic (exact) mass is 322 g/mol. The molecule has 0 aliphatic heterocycles. The molecular formula is C18H18N4O2. The molecule has 24 heavy (non-hydrogen) atoms. The third kappa shape index (κ3) is 3.08. The van der Waals surface area contributed by atoms with E-state index in [9.17, 15) is 9.59 Å². The number of nitrogens with zero attached hydrogens (tertiary/aromatic N) is 1. The number of primary amides is 1. The summed E-state index contributed by atoms with van der Waals surface area (Å²) in [4.78, 5) is 23.3. The van der Waals surface area contributed by atoms with Crippen LogP contribution >= 0.6 is 0 Å². The van der Waals surface area contributed by atoms with Crippen LogP contribution in [0.4, 0.5) is 16.2 Å². The van der Waals surface area contributed by atoms with Crippen LogP contribution in [0.3, 0.4) is 0 Å². The summed E-state index contributed by atoms with van der Waals surface area (Å²) in [7, 11) is 0. The largest absolute Gasteiger partial charge is 0.366 e. The average Bonchev–Trinajstić information content (AvgIpc) is 2.93. The predicted molar refractivity (Wildman–Crippen MR) is 95.2 cm³/mol. The van der Waals surface area contributed by atoms with Gasteiger partial charge in [0.2, 0.25) is 5.91 Å². The Balaban J connectivity index is 1.76. The Morgan fingerprint density at radius 3 is 2.42 bits per heavy atom. The second-order valence-electron chi connectivity index (χ2n) is 5.37. The standard InChI is InChI=1S/C18H18N4O2/c1-2-22-11-15(14-5-3-4-6-16(14)22)21-18(24)20-13-9-7-12(8-10-13)17(19)23/h3-11H,2H2,1H3,(H2,19,23)(H2,20,21,24). The summed E-state index contributed by atoms with van der Waals surface area (Å²) in [5, 5.41) is 6.58. The first kappa shape index (κ1) is 15.6. The molecule has 4 N–H and O–H groups in total. The highest BCUT2D eigenvalue weighted by atomic mass is 16.2. The minimum atomic E-state index is -0.502. The molecule has 0 spiro atoms. The number of hydrogen-bond acceptors (Lipinski definition) is 2. The zero-order valence-electron chi connectivity index (χ0n) is 13.2. The van der Waals surface area contributed by atoms with Crippen LogP contribution in [0, 0.1) is 0 Å². The van der Waals surface area contributed by atoms with Gasteiger partial charge in [0, 0.05) is 29.4 Å². The number of aromatic nitrogens is 1. The van der Waals surface area contributed by atoms with Crippen LogP contribution in [0.25, 0.3) is 10.9 Å². The van der Waals surface area contributed by atoms with E-state index in [4.69, 9.17) is 5.73 Å². The summed E-state index contributed by atoms with van der Waals surface area (Å²) >= 11 is 0. The molecule has 6 nitrogen and oxygen atoms in total. The van der Waals surface area contributed by atoms with Crippen molar-refractivity contribution in [1.82, 2.24) is 4.57 Å². The summed E-state index contributed by atoms with van der Waals surface area (Å²) in [5.41, 5.74) is 7.99. The Morgan fingerprint density at radius 1 is 1.04 bits per heavy atom. The third-order valence-corrected chi connectivity index (χ3v) is 3.80. The molecule has 0 unspecified atom stereocenters. The van der Waals surface area contributed by atoms with Gasteiger partial charge in [0.05, 0.1) is 11.2 Å². The summed E-state index contributed by atoms with van der Waals surface area (Å²) in [6.07, 6.45) is 1.92. The zero-order valence-corrected chi connectivity index (χ0v) is 13.2. The van der Waals surface area contributed by atoms with Crippen LogP contribution in [0.15, 0.2) is 54.7 Å². The maximum Gasteiger partial charge on any atom is 0.323 e. The number of amides is 3. The van der Waals surface area contributed by atoms with Gasteiger partial charge in [-0.25, -0.2) is 4.79 Å². The number of carbonyl (C=O) groups is 2. The fourth-order valence-corrected chi connectivity index (χ4v) is 2.61. The molecule has 0 bridgehead atoms. The van der Waals surface area contributed by atoms with Crippen LogP contribution in [-0.2, 0) is 6.54 Å². The normalized spacial score (nSPS) is 10.5. The summed E-state index contributed by atoms with van der Waals surface area (Å²) in [6.45, 7) is 2.87. The lowest BCUT2D eigenvalue weighted by molar-refractivity contribution is 0.100. The first-order valence-corrected chi connectivity index (χ1v) is 7.64. The Hall–Kier alpha value is -3.28. The molecular weight excluding hydrogens is 304 g/mol. The molecule has 3 aromatic rings. The maximum atomic E-state index is 12.2. The number of anilines is 2. The maximum absolute atomic E-state index is 12.2. The summed E-state index contributed by atoms with van der Waals surface area (Å²) in [6, 6.07) is 14.0. The van der Waals surface area contributed by atoms with Crippen LogP contribution in [0.1, 0.15) is 17.3 Å². The molecule has 122 valence electrons. The van der Waals surface area contributed by atoms with E-state index in [2.05, 4.69) is 22.1 Å². The molecule has 3 amide bonds. The van der Waals surface area contributed by atoms with Gasteiger partial charge in [-0.2, -0.15) is 0 Å². The van der Waals surface area contributed by atoms with Crippen LogP contribution in [0.5, 0.6) is 0 Å². The lowest BCUT2D eigenvalue weighted by Crippen LogP contribution is -2.19. The van der Waals surface area contributed by atoms with Crippen LogP contribution < -0.4 is 16.4 Å². The molecule has 6 heteroatoms. The molecule has 0 radical (unpaired) electrons. The van der Waals surface area contributed by atoms with Gasteiger partial charge in [0.15, 0.2) is 0 Å². The highest BCUT2D eigenvalue weighted by molar-refractivity contribution is 6.06. The Kier molecular flexibility index (Phi) is 4.20. The van der Waals surface area contributed by atoms with Crippen molar-refractivity contribution in [1.29, 1.82) is 0 Å². The lowest BCUT2D eigenvalue weighted by atomic mass is 10.2. The Morgan fingerprint density at radius 2 is 1.75 bits per heavy atom. The van der Waals surface area contributed by atoms with Gasteiger partial charge in [0.1, 0.15) is 0 Å². The summed E-state index contributed by atoms with van der Waals surface area (Å²) < 4.78 is 2.08. The highest BCUT2D eigenvalue weighted by Gasteiger charge is 2.10. The van der Waals surface area contributed by atoms with Crippen molar-refractivity contribution >= 4 is 34.2 Å². The second-order valence-corrected chi connectivity index (χ2v) is 5.37. The van der Waals surface area contributed by atoms with Gasteiger partial charge in [0.25, 0.3) is 0 Å². The van der Waals surface area contributed by atoms with Crippen molar-refractivity contribution in [3.8, 4) is 0 Å². The number of nitrogens with one attached hydrogen (secondary N) is 2. The predicted octanol–water partition coefficient (Wildman–Crippen LogP) is 3.40. The van der Waals surface area contributed by atoms with E-state index in [0.29, 0.717) is 11.3 Å². The molecule has 0 fully saturated rings. The second kappa shape index (κ2) is 6.45. The first-order valence-electron chi connectivity index (χ1n) is 7.64. The van der Waals surface area contributed by atoms with Crippen molar-refractivity contribution in [2.24, 2.45) is 5.73 Å². The van der Waals surface area contributed by atoms with E-state index in [1.54, 1.807) is 24.3 Å². The van der Waals surface area contributed by atoms with E-state index in [-0.39, 0.29) is 6.03 Å². The molecule has 1 aromatic heterocycles. The van der Waals surface area contributed by atoms with Gasteiger partial charge in [-0.3, -0.25) is 4.79 Å². The molecule has 0 saturated heterocycles. The van der Waals surface area contributed by atoms with E-state index >= 15 is 0 Å². The molecule has 3 rings (SSSR count).